The predicted molar refractivity (Wildman–Crippen MR) is 70.8 cm³/mol. The van der Waals surface area contributed by atoms with Gasteiger partial charge in [0.1, 0.15) is 10.6 Å². The summed E-state index contributed by atoms with van der Waals surface area (Å²) < 4.78 is 45.1. The third kappa shape index (κ3) is 4.07. The Morgan fingerprint density at radius 3 is 2.37 bits per heavy atom. The van der Waals surface area contributed by atoms with E-state index in [1.807, 2.05) is 18.7 Å². The Kier molecular flexibility index (Phi) is 5.56. The van der Waals surface area contributed by atoms with Gasteiger partial charge in [0.05, 0.1) is 0 Å². The molecule has 1 aromatic rings. The summed E-state index contributed by atoms with van der Waals surface area (Å²) in [7, 11) is -3.42. The minimum Gasteiger partial charge on any atom is -0.466 e. The SMILES string of the molecule is CCN(CC)c1ccc(S(=O)(=O)F)c(OCOC)c1. The molecule has 0 heterocycles. The number of methoxy groups -OCH3 is 1. The number of ether oxygens (including phenoxy) is 2. The fourth-order valence-electron chi connectivity index (χ4n) is 1.72. The van der Waals surface area contributed by atoms with Gasteiger partial charge in [0, 0.05) is 32.0 Å². The van der Waals surface area contributed by atoms with Crippen LogP contribution in [0.15, 0.2) is 23.1 Å². The summed E-state index contributed by atoms with van der Waals surface area (Å²) >= 11 is 0. The second kappa shape index (κ2) is 6.72. The first kappa shape index (κ1) is 15.7. The monoisotopic (exact) mass is 291 g/mol. The second-order valence-corrected chi connectivity index (χ2v) is 5.11. The number of hydrogen-bond acceptors (Lipinski definition) is 5. The Bertz CT molecular complexity index is 514. The average molecular weight is 291 g/mol. The van der Waals surface area contributed by atoms with Gasteiger partial charge >= 0.3 is 10.2 Å². The van der Waals surface area contributed by atoms with Gasteiger partial charge < -0.3 is 14.4 Å². The van der Waals surface area contributed by atoms with Gasteiger partial charge in [-0.25, -0.2) is 0 Å². The molecule has 0 bridgehead atoms. The molecule has 7 heteroatoms. The van der Waals surface area contributed by atoms with Crippen LogP contribution in [0.3, 0.4) is 0 Å². The highest BCUT2D eigenvalue weighted by molar-refractivity contribution is 7.86. The zero-order chi connectivity index (χ0) is 14.5. The van der Waals surface area contributed by atoms with E-state index in [0.29, 0.717) is 0 Å². The first-order chi connectivity index (χ1) is 8.93. The molecule has 0 amide bonds. The summed E-state index contributed by atoms with van der Waals surface area (Å²) in [5.41, 5.74) is 0.767. The van der Waals surface area contributed by atoms with Crippen molar-refractivity contribution >= 4 is 15.9 Å². The van der Waals surface area contributed by atoms with Crippen molar-refractivity contribution in [1.82, 2.24) is 0 Å². The number of halogens is 1. The molecule has 0 aromatic heterocycles. The maximum Gasteiger partial charge on any atom is 0.335 e. The van der Waals surface area contributed by atoms with Gasteiger partial charge in [0.25, 0.3) is 0 Å². The van der Waals surface area contributed by atoms with Gasteiger partial charge in [0.15, 0.2) is 6.79 Å². The molecule has 108 valence electrons. The van der Waals surface area contributed by atoms with Crippen LogP contribution in [0.2, 0.25) is 0 Å². The lowest BCUT2D eigenvalue weighted by Gasteiger charge is -2.22. The second-order valence-electron chi connectivity index (χ2n) is 3.79. The highest BCUT2D eigenvalue weighted by atomic mass is 32.3. The van der Waals surface area contributed by atoms with E-state index in [-0.39, 0.29) is 12.5 Å². The van der Waals surface area contributed by atoms with E-state index >= 15 is 0 Å². The van der Waals surface area contributed by atoms with Gasteiger partial charge in [-0.15, -0.1) is 3.89 Å². The Morgan fingerprint density at radius 1 is 1.26 bits per heavy atom. The summed E-state index contributed by atoms with van der Waals surface area (Å²) in [6, 6.07) is 4.26. The molecule has 0 N–H and O–H groups in total. The van der Waals surface area contributed by atoms with Crippen molar-refractivity contribution in [3.05, 3.63) is 18.2 Å². The smallest absolute Gasteiger partial charge is 0.335 e. The van der Waals surface area contributed by atoms with Crippen LogP contribution in [-0.4, -0.2) is 35.4 Å². The van der Waals surface area contributed by atoms with Crippen molar-refractivity contribution in [2.45, 2.75) is 18.7 Å². The molecule has 0 aliphatic rings. The van der Waals surface area contributed by atoms with Crippen molar-refractivity contribution in [3.8, 4) is 5.75 Å². The standard InChI is InChI=1S/C12H18FNO4S/c1-4-14(5-2)10-6-7-12(19(13,15)16)11(8-10)18-9-17-3/h6-8H,4-5,9H2,1-3H3. The molecule has 0 unspecified atom stereocenters. The highest BCUT2D eigenvalue weighted by Gasteiger charge is 2.20. The van der Waals surface area contributed by atoms with Crippen molar-refractivity contribution in [1.29, 1.82) is 0 Å². The number of anilines is 1. The van der Waals surface area contributed by atoms with Crippen LogP contribution in [-0.2, 0) is 15.0 Å². The lowest BCUT2D eigenvalue weighted by molar-refractivity contribution is 0.0490. The fraction of sp³-hybridized carbons (Fsp3) is 0.500. The van der Waals surface area contributed by atoms with Crippen molar-refractivity contribution in [2.24, 2.45) is 0 Å². The van der Waals surface area contributed by atoms with E-state index in [2.05, 4.69) is 0 Å². The summed E-state index contributed by atoms with van der Waals surface area (Å²) in [6.45, 7) is 5.30. The molecule has 0 atom stereocenters. The Labute approximate surface area is 113 Å². The molecule has 5 nitrogen and oxygen atoms in total. The van der Waals surface area contributed by atoms with Crippen LogP contribution in [0.1, 0.15) is 13.8 Å². The third-order valence-corrected chi connectivity index (χ3v) is 3.51. The van der Waals surface area contributed by atoms with E-state index in [1.54, 1.807) is 6.07 Å². The molecule has 1 rings (SSSR count). The third-order valence-electron chi connectivity index (χ3n) is 2.65. The van der Waals surface area contributed by atoms with Crippen molar-refractivity contribution < 1.29 is 21.8 Å². The molecule has 0 spiro atoms. The lowest BCUT2D eigenvalue weighted by atomic mass is 10.2. The zero-order valence-electron chi connectivity index (χ0n) is 11.2. The maximum absolute atomic E-state index is 13.1. The van der Waals surface area contributed by atoms with E-state index in [4.69, 9.17) is 9.47 Å². The number of hydrogen-bond donors (Lipinski definition) is 0. The molecule has 0 aliphatic heterocycles. The van der Waals surface area contributed by atoms with Gasteiger partial charge in [-0.2, -0.15) is 8.42 Å². The number of rotatable bonds is 7. The van der Waals surface area contributed by atoms with Gasteiger partial charge in [-0.3, -0.25) is 0 Å². The Morgan fingerprint density at radius 2 is 1.89 bits per heavy atom. The summed E-state index contributed by atoms with van der Waals surface area (Å²) in [4.78, 5) is 1.51. The van der Waals surface area contributed by atoms with Gasteiger partial charge in [-0.1, -0.05) is 0 Å². The molecule has 0 aliphatic carbocycles. The number of benzene rings is 1. The van der Waals surface area contributed by atoms with E-state index < -0.39 is 15.1 Å². The summed E-state index contributed by atoms with van der Waals surface area (Å²) in [6.07, 6.45) is 0. The Hall–Kier alpha value is -1.34. The van der Waals surface area contributed by atoms with E-state index in [1.165, 1.54) is 19.2 Å². The molecule has 19 heavy (non-hydrogen) atoms. The molecular formula is C12H18FNO4S. The Balaban J connectivity index is 3.22. The van der Waals surface area contributed by atoms with Crippen LogP contribution in [0.25, 0.3) is 0 Å². The average Bonchev–Trinajstić information content (AvgIpc) is 2.36. The summed E-state index contributed by atoms with van der Waals surface area (Å²) in [5, 5.41) is 0. The quantitative estimate of drug-likeness (QED) is 0.569. The molecule has 0 radical (unpaired) electrons. The summed E-state index contributed by atoms with van der Waals surface area (Å²) in [5.74, 6) is -0.0475. The fourth-order valence-corrected chi connectivity index (χ4v) is 2.31. The van der Waals surface area contributed by atoms with Crippen LogP contribution in [0, 0.1) is 0 Å². The molecule has 0 fully saturated rings. The molecular weight excluding hydrogens is 273 g/mol. The minimum absolute atomic E-state index is 0.0475. The topological polar surface area (TPSA) is 55.8 Å². The molecule has 0 saturated carbocycles. The van der Waals surface area contributed by atoms with Crippen LogP contribution < -0.4 is 9.64 Å². The minimum atomic E-state index is -4.82. The van der Waals surface area contributed by atoms with E-state index in [9.17, 15) is 12.3 Å². The first-order valence-electron chi connectivity index (χ1n) is 5.89. The van der Waals surface area contributed by atoms with Crippen LogP contribution >= 0.6 is 0 Å². The van der Waals surface area contributed by atoms with Crippen LogP contribution in [0.4, 0.5) is 9.57 Å². The zero-order valence-corrected chi connectivity index (χ0v) is 12.0. The molecule has 1 aromatic carbocycles. The molecule has 0 saturated heterocycles. The normalized spacial score (nSPS) is 11.4. The highest BCUT2D eigenvalue weighted by Crippen LogP contribution is 2.30. The van der Waals surface area contributed by atoms with Crippen molar-refractivity contribution in [3.63, 3.8) is 0 Å². The number of nitrogens with zero attached hydrogens (tertiary/aromatic N) is 1. The predicted octanol–water partition coefficient (Wildman–Crippen LogP) is 2.17. The van der Waals surface area contributed by atoms with E-state index in [0.717, 1.165) is 18.8 Å². The van der Waals surface area contributed by atoms with Crippen LogP contribution in [0.5, 0.6) is 5.75 Å². The van der Waals surface area contributed by atoms with Gasteiger partial charge in [0.2, 0.25) is 0 Å². The maximum atomic E-state index is 13.1. The van der Waals surface area contributed by atoms with Crippen molar-refractivity contribution in [2.75, 3.05) is 31.9 Å². The largest absolute Gasteiger partial charge is 0.466 e. The van der Waals surface area contributed by atoms with Gasteiger partial charge in [-0.05, 0) is 26.0 Å². The lowest BCUT2D eigenvalue weighted by Crippen LogP contribution is -2.22. The first-order valence-corrected chi connectivity index (χ1v) is 7.27.